The summed E-state index contributed by atoms with van der Waals surface area (Å²) in [5, 5.41) is 9.45. The van der Waals surface area contributed by atoms with Gasteiger partial charge in [0, 0.05) is 43.5 Å². The number of aromatic nitrogens is 5. The summed E-state index contributed by atoms with van der Waals surface area (Å²) in [4.78, 5) is 21.8. The molecule has 1 aromatic carbocycles. The second-order valence-corrected chi connectivity index (χ2v) is 8.85. The lowest BCUT2D eigenvalue weighted by Gasteiger charge is -2.29. The summed E-state index contributed by atoms with van der Waals surface area (Å²) < 4.78 is 14.5. The first-order valence-electron chi connectivity index (χ1n) is 11.9. The van der Waals surface area contributed by atoms with E-state index in [1.54, 1.807) is 20.2 Å². The molecule has 6 rings (SSSR count). The van der Waals surface area contributed by atoms with Crippen molar-refractivity contribution in [1.82, 2.24) is 29.3 Å². The summed E-state index contributed by atoms with van der Waals surface area (Å²) in [5.74, 6) is 1.37. The number of anilines is 1. The first-order chi connectivity index (χ1) is 17.2. The third-order valence-electron chi connectivity index (χ3n) is 6.34. The number of fused-ring (bicyclic) bond motifs is 1. The highest BCUT2D eigenvalue weighted by atomic mass is 16.5. The number of carbonyl (C=O) groups is 1. The molecule has 0 saturated carbocycles. The standard InChI is InChI=1S/C25H27N7O3/c1-18-4-2-5-19(14-18)20-6-8-31(27-20)22-16-24(29-9-12-34-13-10-29)32-23(26-22)15-21(28-32)25(33)30-7-3-11-35-17-30/h2,4-6,8,14-16H,3,7,9-13,17H2,1H3. The van der Waals surface area contributed by atoms with Crippen molar-refractivity contribution in [2.45, 2.75) is 13.3 Å². The molecule has 0 N–H and O–H groups in total. The summed E-state index contributed by atoms with van der Waals surface area (Å²) in [7, 11) is 0. The van der Waals surface area contributed by atoms with Gasteiger partial charge in [-0.2, -0.15) is 14.7 Å². The minimum absolute atomic E-state index is 0.148. The number of ether oxygens (including phenoxy) is 2. The molecule has 4 aromatic rings. The molecule has 2 saturated heterocycles. The fraction of sp³-hybridized carbons (Fsp3) is 0.360. The summed E-state index contributed by atoms with van der Waals surface area (Å²) in [6.07, 6.45) is 2.73. The zero-order chi connectivity index (χ0) is 23.8. The molecular weight excluding hydrogens is 446 g/mol. The van der Waals surface area contributed by atoms with E-state index in [4.69, 9.17) is 19.6 Å². The van der Waals surface area contributed by atoms with Gasteiger partial charge in [-0.1, -0.05) is 23.8 Å². The monoisotopic (exact) mass is 473 g/mol. The van der Waals surface area contributed by atoms with E-state index in [1.165, 1.54) is 5.56 Å². The number of benzene rings is 1. The molecule has 3 aromatic heterocycles. The van der Waals surface area contributed by atoms with Crippen molar-refractivity contribution in [3.8, 4) is 17.1 Å². The number of morpholine rings is 1. The van der Waals surface area contributed by atoms with Gasteiger partial charge in [-0.05, 0) is 25.5 Å². The van der Waals surface area contributed by atoms with E-state index >= 15 is 0 Å². The van der Waals surface area contributed by atoms with Crippen LogP contribution in [0.15, 0.2) is 48.7 Å². The van der Waals surface area contributed by atoms with Gasteiger partial charge in [0.15, 0.2) is 17.2 Å². The zero-order valence-corrected chi connectivity index (χ0v) is 19.6. The van der Waals surface area contributed by atoms with Crippen LogP contribution in [-0.2, 0) is 9.47 Å². The molecule has 0 radical (unpaired) electrons. The molecule has 180 valence electrons. The Bertz CT molecular complexity index is 1370. The smallest absolute Gasteiger partial charge is 0.276 e. The predicted molar refractivity (Wildman–Crippen MR) is 130 cm³/mol. The minimum atomic E-state index is -0.148. The van der Waals surface area contributed by atoms with Crippen LogP contribution in [0.3, 0.4) is 0 Å². The van der Waals surface area contributed by atoms with Gasteiger partial charge in [0.25, 0.3) is 5.91 Å². The third kappa shape index (κ3) is 4.26. The molecule has 35 heavy (non-hydrogen) atoms. The lowest BCUT2D eigenvalue weighted by Crippen LogP contribution is -2.38. The summed E-state index contributed by atoms with van der Waals surface area (Å²) in [6.45, 7) is 6.43. The van der Waals surface area contributed by atoms with Crippen LogP contribution in [0.5, 0.6) is 0 Å². The number of hydrogen-bond donors (Lipinski definition) is 0. The average Bonchev–Trinajstić information content (AvgIpc) is 3.57. The maximum absolute atomic E-state index is 13.1. The highest BCUT2D eigenvalue weighted by Gasteiger charge is 2.24. The lowest BCUT2D eigenvalue weighted by atomic mass is 10.1. The van der Waals surface area contributed by atoms with Crippen LogP contribution in [0, 0.1) is 6.92 Å². The van der Waals surface area contributed by atoms with Crippen molar-refractivity contribution in [3.05, 3.63) is 59.9 Å². The van der Waals surface area contributed by atoms with Crippen molar-refractivity contribution in [1.29, 1.82) is 0 Å². The van der Waals surface area contributed by atoms with Crippen molar-refractivity contribution in [2.24, 2.45) is 0 Å². The fourth-order valence-corrected chi connectivity index (χ4v) is 4.51. The molecule has 1 amide bonds. The molecule has 0 bridgehead atoms. The Morgan fingerprint density at radius 1 is 0.971 bits per heavy atom. The number of amides is 1. The normalized spacial score (nSPS) is 16.7. The van der Waals surface area contributed by atoms with E-state index in [0.717, 1.165) is 36.6 Å². The number of nitrogens with zero attached hydrogens (tertiary/aromatic N) is 7. The number of rotatable bonds is 4. The van der Waals surface area contributed by atoms with E-state index in [2.05, 4.69) is 35.1 Å². The van der Waals surface area contributed by atoms with Crippen LogP contribution in [0.4, 0.5) is 5.82 Å². The molecule has 10 nitrogen and oxygen atoms in total. The molecule has 2 aliphatic heterocycles. The van der Waals surface area contributed by atoms with Crippen LogP contribution in [0.25, 0.3) is 22.7 Å². The van der Waals surface area contributed by atoms with E-state index < -0.39 is 0 Å². The van der Waals surface area contributed by atoms with Gasteiger partial charge in [-0.15, -0.1) is 0 Å². The van der Waals surface area contributed by atoms with Crippen LogP contribution in [0.2, 0.25) is 0 Å². The largest absolute Gasteiger partial charge is 0.378 e. The molecule has 5 heterocycles. The predicted octanol–water partition coefficient (Wildman–Crippen LogP) is 2.55. The second kappa shape index (κ2) is 9.12. The maximum Gasteiger partial charge on any atom is 0.276 e. The first kappa shape index (κ1) is 21.8. The van der Waals surface area contributed by atoms with E-state index in [0.29, 0.717) is 43.5 Å². The molecule has 0 atom stereocenters. The van der Waals surface area contributed by atoms with Crippen molar-refractivity contribution >= 4 is 17.4 Å². The van der Waals surface area contributed by atoms with Crippen LogP contribution in [-0.4, -0.2) is 81.4 Å². The average molecular weight is 474 g/mol. The molecular formula is C25H27N7O3. The van der Waals surface area contributed by atoms with Gasteiger partial charge < -0.3 is 19.3 Å². The van der Waals surface area contributed by atoms with Gasteiger partial charge in [-0.25, -0.2) is 9.67 Å². The maximum atomic E-state index is 13.1. The first-order valence-corrected chi connectivity index (χ1v) is 11.9. The van der Waals surface area contributed by atoms with Gasteiger partial charge in [-0.3, -0.25) is 4.79 Å². The van der Waals surface area contributed by atoms with E-state index in [-0.39, 0.29) is 12.6 Å². The lowest BCUT2D eigenvalue weighted by molar-refractivity contribution is -0.00605. The second-order valence-electron chi connectivity index (χ2n) is 8.85. The number of aryl methyl sites for hydroxylation is 1. The summed E-state index contributed by atoms with van der Waals surface area (Å²) >= 11 is 0. The van der Waals surface area contributed by atoms with Gasteiger partial charge in [0.05, 0.1) is 25.5 Å². The van der Waals surface area contributed by atoms with Crippen molar-refractivity contribution < 1.29 is 14.3 Å². The molecule has 2 aliphatic rings. The number of carbonyl (C=O) groups excluding carboxylic acids is 1. The Kier molecular flexibility index (Phi) is 5.67. The van der Waals surface area contributed by atoms with Crippen LogP contribution < -0.4 is 4.90 Å². The Morgan fingerprint density at radius 3 is 2.66 bits per heavy atom. The van der Waals surface area contributed by atoms with E-state index in [9.17, 15) is 4.79 Å². The molecule has 0 aliphatic carbocycles. The van der Waals surface area contributed by atoms with Gasteiger partial charge >= 0.3 is 0 Å². The zero-order valence-electron chi connectivity index (χ0n) is 19.6. The highest BCUT2D eigenvalue weighted by Crippen LogP contribution is 2.24. The Morgan fingerprint density at radius 2 is 1.86 bits per heavy atom. The highest BCUT2D eigenvalue weighted by molar-refractivity contribution is 5.93. The summed E-state index contributed by atoms with van der Waals surface area (Å²) in [5.41, 5.74) is 4.06. The quantitative estimate of drug-likeness (QED) is 0.450. The SMILES string of the molecule is Cc1cccc(-c2ccn(-c3cc(N4CCOCC4)n4nc(C(=O)N5CCCOC5)cc4n3)n2)c1. The third-order valence-corrected chi connectivity index (χ3v) is 6.34. The molecule has 0 spiro atoms. The topological polar surface area (TPSA) is 90.0 Å². The molecule has 2 fully saturated rings. The Balaban J connectivity index is 1.41. The molecule has 10 heteroatoms. The van der Waals surface area contributed by atoms with Gasteiger partial charge in [0.2, 0.25) is 0 Å². The van der Waals surface area contributed by atoms with Gasteiger partial charge in [0.1, 0.15) is 12.5 Å². The van der Waals surface area contributed by atoms with Crippen LogP contribution in [0.1, 0.15) is 22.5 Å². The van der Waals surface area contributed by atoms with E-state index in [1.807, 2.05) is 24.4 Å². The Hall–Kier alpha value is -3.76. The minimum Gasteiger partial charge on any atom is -0.378 e. The van der Waals surface area contributed by atoms with Crippen molar-refractivity contribution in [2.75, 3.05) is 51.1 Å². The summed E-state index contributed by atoms with van der Waals surface area (Å²) in [6, 6.07) is 14.0. The number of hydrogen-bond acceptors (Lipinski definition) is 7. The Labute approximate surface area is 202 Å². The fourth-order valence-electron chi connectivity index (χ4n) is 4.51. The van der Waals surface area contributed by atoms with Crippen LogP contribution >= 0.6 is 0 Å². The molecule has 0 unspecified atom stereocenters. The van der Waals surface area contributed by atoms with Crippen molar-refractivity contribution in [3.63, 3.8) is 0 Å².